The first kappa shape index (κ1) is 17.8. The molecule has 0 aliphatic carbocycles. The molecule has 2 aromatic heterocycles. The van der Waals surface area contributed by atoms with Crippen molar-refractivity contribution in [1.82, 2.24) is 15.0 Å². The normalized spacial score (nSPS) is 11.5. The molecule has 0 amide bonds. The molecule has 7 heteroatoms. The molecule has 0 aliphatic rings. The van der Waals surface area contributed by atoms with Gasteiger partial charge in [0.15, 0.2) is 5.88 Å². The highest BCUT2D eigenvalue weighted by molar-refractivity contribution is 6.02. The lowest BCUT2D eigenvalue weighted by molar-refractivity contribution is 0.457. The fraction of sp³-hybridized carbons (Fsp3) is 0.143. The molecule has 0 fully saturated rings. The van der Waals surface area contributed by atoms with Crippen molar-refractivity contribution in [2.24, 2.45) is 4.99 Å². The zero-order valence-corrected chi connectivity index (χ0v) is 15.3. The van der Waals surface area contributed by atoms with Gasteiger partial charge in [0.05, 0.1) is 23.1 Å². The van der Waals surface area contributed by atoms with E-state index in [1.807, 2.05) is 31.3 Å². The van der Waals surface area contributed by atoms with Gasteiger partial charge in [-0.25, -0.2) is 9.37 Å². The summed E-state index contributed by atoms with van der Waals surface area (Å²) in [7, 11) is 0. The maximum absolute atomic E-state index is 14.1. The second kappa shape index (κ2) is 7.56. The third-order valence-corrected chi connectivity index (χ3v) is 4.61. The number of nitrogens with one attached hydrogen (secondary N) is 3. The van der Waals surface area contributed by atoms with E-state index in [1.165, 1.54) is 12.3 Å². The van der Waals surface area contributed by atoms with E-state index in [0.717, 1.165) is 35.6 Å². The maximum atomic E-state index is 14.1. The van der Waals surface area contributed by atoms with Gasteiger partial charge in [-0.1, -0.05) is 6.07 Å². The van der Waals surface area contributed by atoms with Crippen molar-refractivity contribution in [3.63, 3.8) is 0 Å². The van der Waals surface area contributed by atoms with E-state index in [-0.39, 0.29) is 5.88 Å². The van der Waals surface area contributed by atoms with Crippen molar-refractivity contribution in [2.45, 2.75) is 13.3 Å². The first-order valence-corrected chi connectivity index (χ1v) is 8.97. The van der Waals surface area contributed by atoms with E-state index in [2.05, 4.69) is 25.3 Å². The number of rotatable bonds is 6. The van der Waals surface area contributed by atoms with E-state index in [0.29, 0.717) is 16.5 Å². The predicted octanol–water partition coefficient (Wildman–Crippen LogP) is 4.45. The molecular formula is C21H20FN5O. The van der Waals surface area contributed by atoms with Crippen LogP contribution in [-0.2, 0) is 6.42 Å². The predicted molar refractivity (Wildman–Crippen MR) is 109 cm³/mol. The SMILES string of the molecule is Cc1cc(N=Cc2c(O)[nH]c3cccc(F)c23)ccc1NCCc1cnc[nH]1. The quantitative estimate of drug-likeness (QED) is 0.374. The zero-order chi connectivity index (χ0) is 19.5. The monoisotopic (exact) mass is 377 g/mol. The molecule has 0 unspecified atom stereocenters. The molecule has 0 saturated carbocycles. The Hall–Kier alpha value is -3.61. The van der Waals surface area contributed by atoms with Gasteiger partial charge in [-0.15, -0.1) is 0 Å². The molecule has 4 N–H and O–H groups in total. The van der Waals surface area contributed by atoms with Crippen molar-refractivity contribution >= 4 is 28.5 Å². The smallest absolute Gasteiger partial charge is 0.198 e. The van der Waals surface area contributed by atoms with Gasteiger partial charge in [-0.3, -0.25) is 4.99 Å². The minimum Gasteiger partial charge on any atom is -0.494 e. The average molecular weight is 377 g/mol. The first-order chi connectivity index (χ1) is 13.6. The lowest BCUT2D eigenvalue weighted by Gasteiger charge is -2.09. The Labute approximate surface area is 161 Å². The van der Waals surface area contributed by atoms with Gasteiger partial charge < -0.3 is 20.4 Å². The van der Waals surface area contributed by atoms with Crippen LogP contribution < -0.4 is 5.32 Å². The topological polar surface area (TPSA) is 89.1 Å². The van der Waals surface area contributed by atoms with Crippen LogP contribution in [0.15, 0.2) is 53.9 Å². The number of anilines is 1. The number of aryl methyl sites for hydroxylation is 1. The van der Waals surface area contributed by atoms with Gasteiger partial charge in [0.1, 0.15) is 5.82 Å². The summed E-state index contributed by atoms with van der Waals surface area (Å²) >= 11 is 0. The van der Waals surface area contributed by atoms with Crippen molar-refractivity contribution in [3.05, 3.63) is 71.6 Å². The van der Waals surface area contributed by atoms with Crippen LogP contribution in [0.4, 0.5) is 15.8 Å². The summed E-state index contributed by atoms with van der Waals surface area (Å²) in [5.74, 6) is -0.499. The van der Waals surface area contributed by atoms with E-state index in [1.54, 1.807) is 18.5 Å². The minimum atomic E-state index is -0.400. The Morgan fingerprint density at radius 3 is 2.96 bits per heavy atom. The summed E-state index contributed by atoms with van der Waals surface area (Å²) in [5.41, 5.74) is 4.76. The van der Waals surface area contributed by atoms with Gasteiger partial charge in [0.25, 0.3) is 0 Å². The summed E-state index contributed by atoms with van der Waals surface area (Å²) in [6, 6.07) is 10.5. The number of aromatic amines is 2. The number of nitrogens with zero attached hydrogens (tertiary/aromatic N) is 2. The summed E-state index contributed by atoms with van der Waals surface area (Å²) in [5, 5.41) is 13.8. The van der Waals surface area contributed by atoms with Crippen LogP contribution in [0.3, 0.4) is 0 Å². The lowest BCUT2D eigenvalue weighted by Crippen LogP contribution is -2.06. The van der Waals surface area contributed by atoms with Gasteiger partial charge in [0, 0.05) is 42.1 Å². The largest absolute Gasteiger partial charge is 0.494 e. The molecule has 28 heavy (non-hydrogen) atoms. The summed E-state index contributed by atoms with van der Waals surface area (Å²) < 4.78 is 14.1. The number of benzene rings is 2. The number of halogens is 1. The van der Waals surface area contributed by atoms with Crippen LogP contribution in [0, 0.1) is 12.7 Å². The molecule has 142 valence electrons. The molecule has 4 rings (SSSR count). The Kier molecular flexibility index (Phi) is 4.80. The highest BCUT2D eigenvalue weighted by atomic mass is 19.1. The minimum absolute atomic E-state index is 0.0994. The fourth-order valence-corrected chi connectivity index (χ4v) is 3.16. The molecule has 2 heterocycles. The van der Waals surface area contributed by atoms with Crippen molar-refractivity contribution in [1.29, 1.82) is 0 Å². The van der Waals surface area contributed by atoms with Crippen molar-refractivity contribution < 1.29 is 9.50 Å². The van der Waals surface area contributed by atoms with Crippen LogP contribution in [0.1, 0.15) is 16.8 Å². The van der Waals surface area contributed by atoms with Crippen LogP contribution in [0.2, 0.25) is 0 Å². The second-order valence-corrected chi connectivity index (χ2v) is 6.56. The van der Waals surface area contributed by atoms with E-state index < -0.39 is 5.82 Å². The number of fused-ring (bicyclic) bond motifs is 1. The molecule has 0 radical (unpaired) electrons. The van der Waals surface area contributed by atoms with Crippen molar-refractivity contribution in [3.8, 4) is 5.88 Å². The Morgan fingerprint density at radius 2 is 2.18 bits per heavy atom. The maximum Gasteiger partial charge on any atom is 0.198 e. The summed E-state index contributed by atoms with van der Waals surface area (Å²) in [6.07, 6.45) is 5.82. The Bertz CT molecular complexity index is 1130. The molecule has 2 aromatic carbocycles. The molecule has 0 saturated heterocycles. The van der Waals surface area contributed by atoms with Crippen LogP contribution >= 0.6 is 0 Å². The molecule has 6 nitrogen and oxygen atoms in total. The van der Waals surface area contributed by atoms with E-state index in [4.69, 9.17) is 0 Å². The van der Waals surface area contributed by atoms with Crippen LogP contribution in [-0.4, -0.2) is 32.8 Å². The third kappa shape index (κ3) is 3.59. The highest BCUT2D eigenvalue weighted by Gasteiger charge is 2.12. The fourth-order valence-electron chi connectivity index (χ4n) is 3.16. The third-order valence-electron chi connectivity index (χ3n) is 4.61. The number of aliphatic imine (C=N–C) groups is 1. The molecule has 0 atom stereocenters. The first-order valence-electron chi connectivity index (χ1n) is 8.97. The molecular weight excluding hydrogens is 357 g/mol. The van der Waals surface area contributed by atoms with Gasteiger partial charge >= 0.3 is 0 Å². The zero-order valence-electron chi connectivity index (χ0n) is 15.3. The van der Waals surface area contributed by atoms with Gasteiger partial charge in [0.2, 0.25) is 0 Å². The van der Waals surface area contributed by atoms with Gasteiger partial charge in [-0.2, -0.15) is 0 Å². The number of H-pyrrole nitrogens is 2. The number of hydrogen-bond acceptors (Lipinski definition) is 4. The van der Waals surface area contributed by atoms with Crippen molar-refractivity contribution in [2.75, 3.05) is 11.9 Å². The number of hydrogen-bond donors (Lipinski definition) is 4. The summed E-state index contributed by atoms with van der Waals surface area (Å²) in [6.45, 7) is 2.79. The number of aromatic hydroxyl groups is 1. The van der Waals surface area contributed by atoms with Gasteiger partial charge in [-0.05, 0) is 42.8 Å². The number of aromatic nitrogens is 3. The van der Waals surface area contributed by atoms with E-state index in [9.17, 15) is 9.50 Å². The molecule has 0 spiro atoms. The standard InChI is InChI=1S/C21H20FN5O/c1-13-9-14(5-6-18(13)24-8-7-15-10-23-12-26-15)25-11-16-20-17(22)3-2-4-19(20)27-21(16)28/h2-6,9-12,24,27-28H,7-8H2,1H3,(H,23,26). The molecule has 0 bridgehead atoms. The second-order valence-electron chi connectivity index (χ2n) is 6.56. The Morgan fingerprint density at radius 1 is 1.29 bits per heavy atom. The van der Waals surface area contributed by atoms with Crippen LogP contribution in [0.25, 0.3) is 10.9 Å². The molecule has 4 aromatic rings. The average Bonchev–Trinajstić information content (AvgIpc) is 3.29. The van der Waals surface area contributed by atoms with E-state index >= 15 is 0 Å². The number of imidazole rings is 1. The lowest BCUT2D eigenvalue weighted by atomic mass is 10.1. The highest BCUT2D eigenvalue weighted by Crippen LogP contribution is 2.29. The molecule has 0 aliphatic heterocycles. The Balaban J connectivity index is 1.50. The summed E-state index contributed by atoms with van der Waals surface area (Å²) in [4.78, 5) is 14.3. The van der Waals surface area contributed by atoms with Crippen LogP contribution in [0.5, 0.6) is 5.88 Å².